The Morgan fingerprint density at radius 3 is 3.14 bits per heavy atom. The number of benzene rings is 2. The molecule has 0 aliphatic carbocycles. The lowest BCUT2D eigenvalue weighted by molar-refractivity contribution is 0.0925. The van der Waals surface area contributed by atoms with Crippen LogP contribution >= 0.6 is 11.3 Å². The maximum atomic E-state index is 12.5. The molecular formula is C17H14N2O2S. The highest BCUT2D eigenvalue weighted by atomic mass is 32.1. The molecular weight excluding hydrogens is 296 g/mol. The van der Waals surface area contributed by atoms with Crippen LogP contribution in [-0.2, 0) is 0 Å². The molecule has 2 aromatic carbocycles. The van der Waals surface area contributed by atoms with Crippen LogP contribution in [0.15, 0.2) is 48.0 Å². The predicted molar refractivity (Wildman–Crippen MR) is 86.4 cm³/mol. The predicted octanol–water partition coefficient (Wildman–Crippen LogP) is 3.55. The van der Waals surface area contributed by atoms with E-state index < -0.39 is 0 Å². The van der Waals surface area contributed by atoms with Gasteiger partial charge < -0.3 is 10.1 Å². The van der Waals surface area contributed by atoms with Gasteiger partial charge >= 0.3 is 0 Å². The Balaban J connectivity index is 1.59. The number of fused-ring (bicyclic) bond motifs is 2. The third-order valence-corrected chi connectivity index (χ3v) is 4.65. The van der Waals surface area contributed by atoms with Crippen LogP contribution in [0.5, 0.6) is 5.75 Å². The summed E-state index contributed by atoms with van der Waals surface area (Å²) in [5.74, 6) is 0.800. The van der Waals surface area contributed by atoms with Crippen molar-refractivity contribution >= 4 is 27.5 Å². The number of amides is 1. The molecule has 0 saturated heterocycles. The summed E-state index contributed by atoms with van der Waals surface area (Å²) in [6, 6.07) is 13.5. The fourth-order valence-electron chi connectivity index (χ4n) is 2.73. The Bertz CT molecular complexity index is 843. The van der Waals surface area contributed by atoms with Gasteiger partial charge in [-0.2, -0.15) is 0 Å². The molecule has 1 N–H and O–H groups in total. The summed E-state index contributed by atoms with van der Waals surface area (Å²) >= 11 is 1.54. The topological polar surface area (TPSA) is 51.2 Å². The highest BCUT2D eigenvalue weighted by molar-refractivity contribution is 7.16. The van der Waals surface area contributed by atoms with E-state index in [9.17, 15) is 4.79 Å². The van der Waals surface area contributed by atoms with Gasteiger partial charge in [-0.3, -0.25) is 4.79 Å². The minimum Gasteiger partial charge on any atom is -0.493 e. The number of carbonyl (C=O) groups excluding carboxylic acids is 1. The molecule has 1 aromatic heterocycles. The van der Waals surface area contributed by atoms with E-state index in [1.54, 1.807) is 16.8 Å². The van der Waals surface area contributed by atoms with Crippen molar-refractivity contribution in [3.8, 4) is 5.75 Å². The monoisotopic (exact) mass is 310 g/mol. The van der Waals surface area contributed by atoms with Gasteiger partial charge in [-0.05, 0) is 24.3 Å². The summed E-state index contributed by atoms with van der Waals surface area (Å²) in [5.41, 5.74) is 4.43. The molecule has 0 unspecified atom stereocenters. The van der Waals surface area contributed by atoms with E-state index in [1.165, 1.54) is 0 Å². The van der Waals surface area contributed by atoms with Crippen LogP contribution in [0.4, 0.5) is 0 Å². The van der Waals surface area contributed by atoms with Crippen LogP contribution in [0.2, 0.25) is 0 Å². The highest BCUT2D eigenvalue weighted by Gasteiger charge is 2.23. The van der Waals surface area contributed by atoms with Crippen molar-refractivity contribution in [1.29, 1.82) is 0 Å². The first-order valence-electron chi connectivity index (χ1n) is 7.17. The van der Waals surface area contributed by atoms with Gasteiger partial charge in [-0.1, -0.05) is 18.2 Å². The van der Waals surface area contributed by atoms with Crippen LogP contribution in [-0.4, -0.2) is 17.5 Å². The normalized spacial score (nSPS) is 16.8. The van der Waals surface area contributed by atoms with Gasteiger partial charge in [0.25, 0.3) is 5.91 Å². The maximum absolute atomic E-state index is 12.5. The molecule has 4 nitrogen and oxygen atoms in total. The molecule has 2 heterocycles. The van der Waals surface area contributed by atoms with Crippen molar-refractivity contribution in [2.24, 2.45) is 0 Å². The average Bonchev–Trinajstić information content (AvgIpc) is 3.02. The molecule has 1 aliphatic rings. The second-order valence-electron chi connectivity index (χ2n) is 5.24. The molecule has 0 saturated carbocycles. The van der Waals surface area contributed by atoms with E-state index >= 15 is 0 Å². The molecule has 1 aliphatic heterocycles. The van der Waals surface area contributed by atoms with Crippen molar-refractivity contribution in [1.82, 2.24) is 10.3 Å². The number of ether oxygens (including phenoxy) is 1. The van der Waals surface area contributed by atoms with Crippen LogP contribution in [0.3, 0.4) is 0 Å². The van der Waals surface area contributed by atoms with Gasteiger partial charge in [-0.25, -0.2) is 4.98 Å². The average molecular weight is 310 g/mol. The van der Waals surface area contributed by atoms with Gasteiger partial charge in [0.05, 0.1) is 28.4 Å². The van der Waals surface area contributed by atoms with Gasteiger partial charge in [0.1, 0.15) is 5.75 Å². The third kappa shape index (κ3) is 2.33. The molecule has 1 amide bonds. The first-order valence-corrected chi connectivity index (χ1v) is 8.05. The van der Waals surface area contributed by atoms with Crippen molar-refractivity contribution < 1.29 is 9.53 Å². The Hall–Kier alpha value is -2.40. The lowest BCUT2D eigenvalue weighted by atomic mass is 10.00. The molecule has 3 aromatic rings. The number of hydrogen-bond acceptors (Lipinski definition) is 4. The molecule has 4 rings (SSSR count). The Labute approximate surface area is 131 Å². The van der Waals surface area contributed by atoms with E-state index in [0.717, 1.165) is 28.0 Å². The molecule has 0 bridgehead atoms. The van der Waals surface area contributed by atoms with Crippen molar-refractivity contribution in [2.75, 3.05) is 6.61 Å². The summed E-state index contributed by atoms with van der Waals surface area (Å²) in [5, 5.41) is 3.11. The van der Waals surface area contributed by atoms with Crippen LogP contribution in [0.1, 0.15) is 28.4 Å². The van der Waals surface area contributed by atoms with E-state index in [2.05, 4.69) is 10.3 Å². The highest BCUT2D eigenvalue weighted by Crippen LogP contribution is 2.31. The Morgan fingerprint density at radius 2 is 2.18 bits per heavy atom. The second-order valence-corrected chi connectivity index (χ2v) is 6.12. The number of aromatic nitrogens is 1. The second kappa shape index (κ2) is 5.42. The van der Waals surface area contributed by atoms with Crippen LogP contribution in [0.25, 0.3) is 10.2 Å². The van der Waals surface area contributed by atoms with E-state index in [0.29, 0.717) is 12.2 Å². The smallest absolute Gasteiger partial charge is 0.251 e. The van der Waals surface area contributed by atoms with Gasteiger partial charge in [0.15, 0.2) is 0 Å². The van der Waals surface area contributed by atoms with Gasteiger partial charge in [0.2, 0.25) is 0 Å². The molecule has 1 atom stereocenters. The van der Waals surface area contributed by atoms with E-state index in [1.807, 2.05) is 42.5 Å². The summed E-state index contributed by atoms with van der Waals surface area (Å²) in [6.07, 6.45) is 0.783. The summed E-state index contributed by atoms with van der Waals surface area (Å²) < 4.78 is 6.66. The fraction of sp³-hybridized carbons (Fsp3) is 0.176. The van der Waals surface area contributed by atoms with Gasteiger partial charge in [-0.15, -0.1) is 11.3 Å². The number of nitrogens with one attached hydrogen (secondary N) is 1. The standard InChI is InChI=1S/C17H14N2O2S/c20-17(11-5-6-14-16(9-11)22-10-18-14)19-13-7-8-21-15-4-2-1-3-12(13)15/h1-6,9-10,13H,7-8H2,(H,19,20)/t13-/m0/s1. The molecule has 22 heavy (non-hydrogen) atoms. The van der Waals surface area contributed by atoms with E-state index in [-0.39, 0.29) is 11.9 Å². The maximum Gasteiger partial charge on any atom is 0.251 e. The lowest BCUT2D eigenvalue weighted by Crippen LogP contribution is -2.32. The van der Waals surface area contributed by atoms with Crippen LogP contribution in [0, 0.1) is 0 Å². The molecule has 0 radical (unpaired) electrons. The van der Waals surface area contributed by atoms with Crippen molar-refractivity contribution in [3.05, 3.63) is 59.1 Å². The summed E-state index contributed by atoms with van der Waals surface area (Å²) in [7, 11) is 0. The first kappa shape index (κ1) is 13.3. The summed E-state index contributed by atoms with van der Waals surface area (Å²) in [6.45, 7) is 0.621. The van der Waals surface area contributed by atoms with Crippen LogP contribution < -0.4 is 10.1 Å². The zero-order valence-corrected chi connectivity index (χ0v) is 12.6. The third-order valence-electron chi connectivity index (χ3n) is 3.86. The largest absolute Gasteiger partial charge is 0.493 e. The fourth-order valence-corrected chi connectivity index (χ4v) is 3.45. The zero-order valence-electron chi connectivity index (χ0n) is 11.8. The SMILES string of the molecule is O=C(N[C@H]1CCOc2ccccc21)c1ccc2ncsc2c1. The molecule has 5 heteroatoms. The quantitative estimate of drug-likeness (QED) is 0.787. The minimum atomic E-state index is -0.0583. The Kier molecular flexibility index (Phi) is 3.27. The lowest BCUT2D eigenvalue weighted by Gasteiger charge is -2.26. The first-order chi connectivity index (χ1) is 10.8. The molecule has 0 spiro atoms. The number of para-hydroxylation sites is 1. The zero-order chi connectivity index (χ0) is 14.9. The van der Waals surface area contributed by atoms with Crippen molar-refractivity contribution in [2.45, 2.75) is 12.5 Å². The summed E-state index contributed by atoms with van der Waals surface area (Å²) in [4.78, 5) is 16.8. The molecule has 0 fully saturated rings. The van der Waals surface area contributed by atoms with Crippen molar-refractivity contribution in [3.63, 3.8) is 0 Å². The number of thiazole rings is 1. The molecule has 110 valence electrons. The minimum absolute atomic E-state index is 0.00499. The van der Waals surface area contributed by atoms with E-state index in [4.69, 9.17) is 4.74 Å². The number of carbonyl (C=O) groups is 1. The Morgan fingerprint density at radius 1 is 1.27 bits per heavy atom. The van der Waals surface area contributed by atoms with Gasteiger partial charge in [0, 0.05) is 17.5 Å². The number of rotatable bonds is 2. The number of hydrogen-bond donors (Lipinski definition) is 1. The number of nitrogens with zero attached hydrogens (tertiary/aromatic N) is 1.